The van der Waals surface area contributed by atoms with Gasteiger partial charge in [0.05, 0.1) is 12.7 Å². The molecule has 2 aromatic carbocycles. The number of fused-ring (bicyclic) bond motifs is 1. The number of halogens is 1. The minimum absolute atomic E-state index is 0.344. The lowest BCUT2D eigenvalue weighted by molar-refractivity contribution is 0.198. The minimum atomic E-state index is -0.344. The Labute approximate surface area is 168 Å². The zero-order valence-corrected chi connectivity index (χ0v) is 16.2. The lowest BCUT2D eigenvalue weighted by Gasteiger charge is -2.19. The fourth-order valence-corrected chi connectivity index (χ4v) is 3.63. The highest BCUT2D eigenvalue weighted by molar-refractivity contribution is 6.31. The van der Waals surface area contributed by atoms with E-state index in [1.54, 1.807) is 6.07 Å². The van der Waals surface area contributed by atoms with E-state index in [2.05, 4.69) is 20.4 Å². The van der Waals surface area contributed by atoms with Gasteiger partial charge in [-0.3, -0.25) is 0 Å². The number of benzene rings is 2. The van der Waals surface area contributed by atoms with E-state index in [4.69, 9.17) is 18.2 Å². The van der Waals surface area contributed by atoms with Gasteiger partial charge in [0.25, 0.3) is 0 Å². The van der Waals surface area contributed by atoms with Crippen LogP contribution in [0.4, 0.5) is 17.3 Å². The van der Waals surface area contributed by atoms with E-state index >= 15 is 0 Å². The normalized spacial score (nSPS) is 16.4. The summed E-state index contributed by atoms with van der Waals surface area (Å²) >= 11 is 6.22. The third-order valence-electron chi connectivity index (χ3n) is 5.03. The molecule has 1 saturated heterocycles. The molecular formula is C21H20ClN5O. The Morgan fingerprint density at radius 1 is 1.25 bits per heavy atom. The van der Waals surface area contributed by atoms with Crippen molar-refractivity contribution in [1.82, 2.24) is 10.2 Å². The van der Waals surface area contributed by atoms with Crippen LogP contribution >= 0.6 is 11.6 Å². The standard InChI is InChI=1S/C21H20ClN5O/c1-13-3-4-14(9-19(13)22)11-24-20-18-10-15(23-2)5-6-17(18)21(26-25-20)27-8-7-16(28)12-27/h3-6,9-10,16,28H,7-8,11-12H2,1H3,(H,24,25)/t16-/m1/s1. The van der Waals surface area contributed by atoms with E-state index in [-0.39, 0.29) is 6.10 Å². The average Bonchev–Trinajstić information content (AvgIpc) is 3.14. The van der Waals surface area contributed by atoms with Gasteiger partial charge in [0.15, 0.2) is 17.3 Å². The molecule has 1 atom stereocenters. The molecule has 0 spiro atoms. The summed E-state index contributed by atoms with van der Waals surface area (Å²) in [5, 5.41) is 24.5. The minimum Gasteiger partial charge on any atom is -0.391 e. The van der Waals surface area contributed by atoms with Crippen molar-refractivity contribution in [3.05, 3.63) is 64.0 Å². The number of anilines is 2. The molecular weight excluding hydrogens is 374 g/mol. The van der Waals surface area contributed by atoms with Gasteiger partial charge in [-0.1, -0.05) is 35.9 Å². The van der Waals surface area contributed by atoms with Crippen LogP contribution in [0.25, 0.3) is 15.6 Å². The van der Waals surface area contributed by atoms with Gasteiger partial charge in [0.1, 0.15) is 0 Å². The van der Waals surface area contributed by atoms with E-state index in [0.717, 1.165) is 45.7 Å². The molecule has 0 amide bonds. The molecule has 3 aromatic rings. The summed E-state index contributed by atoms with van der Waals surface area (Å²) in [7, 11) is 0. The number of rotatable bonds is 4. The molecule has 1 aliphatic heterocycles. The molecule has 0 saturated carbocycles. The molecule has 2 heterocycles. The topological polar surface area (TPSA) is 65.6 Å². The van der Waals surface area contributed by atoms with Crippen LogP contribution in [0.2, 0.25) is 5.02 Å². The highest BCUT2D eigenvalue weighted by Crippen LogP contribution is 2.33. The van der Waals surface area contributed by atoms with E-state index in [9.17, 15) is 5.11 Å². The number of aliphatic hydroxyl groups is 1. The monoisotopic (exact) mass is 393 g/mol. The van der Waals surface area contributed by atoms with Crippen molar-refractivity contribution in [2.24, 2.45) is 0 Å². The molecule has 0 radical (unpaired) electrons. The fraction of sp³-hybridized carbons (Fsp3) is 0.286. The third kappa shape index (κ3) is 3.59. The molecule has 28 heavy (non-hydrogen) atoms. The summed E-state index contributed by atoms with van der Waals surface area (Å²) < 4.78 is 0. The number of aromatic nitrogens is 2. The maximum Gasteiger partial charge on any atom is 0.188 e. The number of hydrogen-bond donors (Lipinski definition) is 2. The highest BCUT2D eigenvalue weighted by Gasteiger charge is 2.24. The largest absolute Gasteiger partial charge is 0.391 e. The molecule has 0 bridgehead atoms. The zero-order chi connectivity index (χ0) is 19.7. The van der Waals surface area contributed by atoms with Crippen LogP contribution in [0.1, 0.15) is 17.5 Å². The third-order valence-corrected chi connectivity index (χ3v) is 5.44. The highest BCUT2D eigenvalue weighted by atomic mass is 35.5. The first-order valence-corrected chi connectivity index (χ1v) is 9.53. The van der Waals surface area contributed by atoms with Crippen LogP contribution in [0.3, 0.4) is 0 Å². The van der Waals surface area contributed by atoms with Crippen LogP contribution in [0, 0.1) is 13.5 Å². The van der Waals surface area contributed by atoms with E-state index in [1.165, 1.54) is 0 Å². The van der Waals surface area contributed by atoms with Crippen LogP contribution in [-0.2, 0) is 6.54 Å². The summed E-state index contributed by atoms with van der Waals surface area (Å²) in [5.74, 6) is 1.37. The molecule has 7 heteroatoms. The van der Waals surface area contributed by atoms with Gasteiger partial charge in [-0.2, -0.15) is 0 Å². The second kappa shape index (κ2) is 7.63. The van der Waals surface area contributed by atoms with Crippen molar-refractivity contribution in [3.63, 3.8) is 0 Å². The molecule has 2 N–H and O–H groups in total. The van der Waals surface area contributed by atoms with E-state index in [0.29, 0.717) is 24.6 Å². The lowest BCUT2D eigenvalue weighted by Crippen LogP contribution is -2.23. The van der Waals surface area contributed by atoms with Crippen LogP contribution in [0.5, 0.6) is 0 Å². The van der Waals surface area contributed by atoms with Gasteiger partial charge in [-0.25, -0.2) is 4.85 Å². The zero-order valence-electron chi connectivity index (χ0n) is 15.5. The Hall–Kier alpha value is -2.88. The van der Waals surface area contributed by atoms with E-state index < -0.39 is 0 Å². The van der Waals surface area contributed by atoms with Gasteiger partial charge in [0, 0.05) is 35.4 Å². The molecule has 0 aliphatic carbocycles. The first-order valence-electron chi connectivity index (χ1n) is 9.15. The summed E-state index contributed by atoms with van der Waals surface area (Å²) in [6, 6.07) is 11.5. The molecule has 0 unspecified atom stereocenters. The van der Waals surface area contributed by atoms with Gasteiger partial charge in [0.2, 0.25) is 0 Å². The van der Waals surface area contributed by atoms with Crippen molar-refractivity contribution in [2.45, 2.75) is 26.0 Å². The van der Waals surface area contributed by atoms with Crippen molar-refractivity contribution < 1.29 is 5.11 Å². The summed E-state index contributed by atoms with van der Waals surface area (Å²) in [6.07, 6.45) is 0.376. The predicted molar refractivity (Wildman–Crippen MR) is 112 cm³/mol. The Morgan fingerprint density at radius 3 is 2.82 bits per heavy atom. The number of nitrogens with one attached hydrogen (secondary N) is 1. The number of hydrogen-bond acceptors (Lipinski definition) is 5. The second-order valence-electron chi connectivity index (χ2n) is 7.04. The van der Waals surface area contributed by atoms with Gasteiger partial charge < -0.3 is 15.3 Å². The maximum absolute atomic E-state index is 9.87. The lowest BCUT2D eigenvalue weighted by atomic mass is 10.1. The number of aliphatic hydroxyl groups excluding tert-OH is 1. The first-order chi connectivity index (χ1) is 13.5. The Kier molecular flexibility index (Phi) is 5.03. The Balaban J connectivity index is 1.69. The Bertz CT molecular complexity index is 1080. The molecule has 6 nitrogen and oxygen atoms in total. The van der Waals surface area contributed by atoms with Gasteiger partial charge in [-0.15, -0.1) is 10.2 Å². The quantitative estimate of drug-likeness (QED) is 0.646. The van der Waals surface area contributed by atoms with Gasteiger partial charge in [-0.05, 0) is 36.6 Å². The Morgan fingerprint density at radius 2 is 2.11 bits per heavy atom. The van der Waals surface area contributed by atoms with Crippen LogP contribution < -0.4 is 10.2 Å². The summed E-state index contributed by atoms with van der Waals surface area (Å²) in [6.45, 7) is 11.1. The molecule has 4 rings (SSSR count). The smallest absolute Gasteiger partial charge is 0.188 e. The molecule has 1 aliphatic rings. The SMILES string of the molecule is [C-]#[N+]c1ccc2c(N3CC[C@@H](O)C3)nnc(NCc3ccc(C)c(Cl)c3)c2c1. The number of aryl methyl sites for hydroxylation is 1. The maximum atomic E-state index is 9.87. The number of nitrogens with zero attached hydrogens (tertiary/aromatic N) is 4. The van der Waals surface area contributed by atoms with Gasteiger partial charge >= 0.3 is 0 Å². The summed E-state index contributed by atoms with van der Waals surface area (Å²) in [5.41, 5.74) is 2.63. The molecule has 142 valence electrons. The summed E-state index contributed by atoms with van der Waals surface area (Å²) in [4.78, 5) is 5.59. The van der Waals surface area contributed by atoms with Crippen LogP contribution in [-0.4, -0.2) is 34.5 Å². The van der Waals surface area contributed by atoms with Crippen molar-refractivity contribution in [2.75, 3.05) is 23.3 Å². The van der Waals surface area contributed by atoms with Crippen molar-refractivity contribution in [1.29, 1.82) is 0 Å². The van der Waals surface area contributed by atoms with E-state index in [1.807, 2.05) is 42.2 Å². The fourth-order valence-electron chi connectivity index (χ4n) is 3.43. The van der Waals surface area contributed by atoms with Crippen LogP contribution in [0.15, 0.2) is 36.4 Å². The predicted octanol–water partition coefficient (Wildman–Crippen LogP) is 4.33. The first kappa shape index (κ1) is 18.5. The molecule has 1 fully saturated rings. The second-order valence-corrected chi connectivity index (χ2v) is 7.45. The number of β-amino-alcohol motifs (C(OH)–C–C–N with tert-alkyl or cyclic N) is 1. The average molecular weight is 394 g/mol. The van der Waals surface area contributed by atoms with Crippen molar-refractivity contribution in [3.8, 4) is 0 Å². The van der Waals surface area contributed by atoms with Crippen molar-refractivity contribution >= 4 is 39.7 Å². The molecule has 1 aromatic heterocycles.